The molecule has 0 unspecified atom stereocenters. The molecule has 1 saturated carbocycles. The van der Waals surface area contributed by atoms with E-state index in [1.807, 2.05) is 0 Å². The Hall–Kier alpha value is -3.34. The van der Waals surface area contributed by atoms with Crippen molar-refractivity contribution < 1.29 is 23.6 Å². The minimum absolute atomic E-state index is 0.110. The van der Waals surface area contributed by atoms with Crippen LogP contribution in [0, 0.1) is 6.42 Å². The van der Waals surface area contributed by atoms with Crippen LogP contribution in [0.3, 0.4) is 0 Å². The Morgan fingerprint density at radius 3 is 2.56 bits per heavy atom. The monoisotopic (exact) mass is 458 g/mol. The van der Waals surface area contributed by atoms with Gasteiger partial charge < -0.3 is 21.3 Å². The highest BCUT2D eigenvalue weighted by Crippen LogP contribution is 2.27. The maximum atomic E-state index is 13.9. The van der Waals surface area contributed by atoms with Crippen molar-refractivity contribution in [2.45, 2.75) is 37.5 Å². The van der Waals surface area contributed by atoms with Crippen molar-refractivity contribution in [3.8, 4) is 11.3 Å². The molecule has 2 aromatic rings. The number of anilines is 1. The number of nitrogens with one attached hydrogen (secondary N) is 2. The molecule has 1 radical (unpaired) electrons. The molecule has 2 atom stereocenters. The van der Waals surface area contributed by atoms with E-state index in [4.69, 9.17) is 5.73 Å². The van der Waals surface area contributed by atoms with E-state index in [-0.39, 0.29) is 30.0 Å². The maximum Gasteiger partial charge on any atom is 0.251 e. The maximum absolute atomic E-state index is 13.9. The highest BCUT2D eigenvalue weighted by molar-refractivity contribution is 7.14. The summed E-state index contributed by atoms with van der Waals surface area (Å²) in [5.41, 5.74) is 6.91. The minimum atomic E-state index is -1.38. The zero-order chi connectivity index (χ0) is 22.8. The summed E-state index contributed by atoms with van der Waals surface area (Å²) in [6.45, 7) is -0.287. The smallest absolute Gasteiger partial charge is 0.251 e. The van der Waals surface area contributed by atoms with Crippen molar-refractivity contribution >= 4 is 40.1 Å². The second-order valence-corrected chi connectivity index (χ2v) is 8.60. The zero-order valence-corrected chi connectivity index (χ0v) is 17.7. The number of hydrogen-bond acceptors (Lipinski definition) is 6. The second kappa shape index (κ2) is 9.03. The van der Waals surface area contributed by atoms with Crippen LogP contribution in [0.2, 0.25) is 0 Å². The zero-order valence-electron chi connectivity index (χ0n) is 16.9. The van der Waals surface area contributed by atoms with Crippen LogP contribution in [0.15, 0.2) is 29.6 Å². The number of primary amides is 1. The van der Waals surface area contributed by atoms with Crippen LogP contribution in [0.1, 0.15) is 29.6 Å². The molecule has 1 aromatic carbocycles. The molecule has 2 aliphatic rings. The van der Waals surface area contributed by atoms with E-state index in [9.17, 15) is 23.6 Å². The summed E-state index contributed by atoms with van der Waals surface area (Å²) in [6, 6.07) is 6.18. The largest absolute Gasteiger partial charge is 0.369 e. The number of benzene rings is 1. The number of rotatable bonds is 7. The van der Waals surface area contributed by atoms with E-state index in [2.05, 4.69) is 15.6 Å². The van der Waals surface area contributed by atoms with Gasteiger partial charge in [0.05, 0.1) is 12.2 Å². The third kappa shape index (κ3) is 5.10. The molecule has 167 valence electrons. The predicted molar refractivity (Wildman–Crippen MR) is 115 cm³/mol. The molecule has 1 aliphatic carbocycles. The highest BCUT2D eigenvalue weighted by Gasteiger charge is 2.40. The predicted octanol–water partition coefficient (Wildman–Crippen LogP) is 1.27. The number of carbonyl (C=O) groups is 4. The van der Waals surface area contributed by atoms with E-state index in [0.717, 1.165) is 23.3 Å². The summed E-state index contributed by atoms with van der Waals surface area (Å²) < 4.78 is 13.9. The first-order valence-corrected chi connectivity index (χ1v) is 10.9. The molecule has 4 N–H and O–H groups in total. The van der Waals surface area contributed by atoms with E-state index in [1.165, 1.54) is 11.3 Å². The van der Waals surface area contributed by atoms with E-state index in [0.29, 0.717) is 17.7 Å². The van der Waals surface area contributed by atoms with Crippen molar-refractivity contribution in [3.63, 3.8) is 0 Å². The van der Waals surface area contributed by atoms with Gasteiger partial charge in [0, 0.05) is 29.0 Å². The SMILES string of the molecule is NC(=O)[CH]C(=O)N1C[C@@H](F)C[C@H]1C(=O)Nc1nc(-c2ccc(C(=O)NC3CC3)cc2)cs1. The Bertz CT molecular complexity index is 1050. The van der Waals surface area contributed by atoms with Crippen molar-refractivity contribution in [1.82, 2.24) is 15.2 Å². The first kappa shape index (κ1) is 21.9. The van der Waals surface area contributed by atoms with Gasteiger partial charge in [0.2, 0.25) is 17.7 Å². The molecule has 1 aromatic heterocycles. The number of amides is 4. The first-order chi connectivity index (χ1) is 15.3. The average molecular weight is 458 g/mol. The number of likely N-dealkylation sites (tertiary alicyclic amines) is 1. The van der Waals surface area contributed by atoms with Gasteiger partial charge in [0.25, 0.3) is 5.91 Å². The van der Waals surface area contributed by atoms with E-state index in [1.54, 1.807) is 29.6 Å². The fourth-order valence-corrected chi connectivity index (χ4v) is 4.15. The topological polar surface area (TPSA) is 134 Å². The molecular formula is C21H21FN5O4S. The molecular weight excluding hydrogens is 437 g/mol. The number of aromatic nitrogens is 1. The molecule has 1 aliphatic heterocycles. The fourth-order valence-electron chi connectivity index (χ4n) is 3.42. The molecule has 4 amide bonds. The number of nitrogens with two attached hydrogens (primary N) is 1. The van der Waals surface area contributed by atoms with Gasteiger partial charge in [-0.3, -0.25) is 19.2 Å². The van der Waals surface area contributed by atoms with Gasteiger partial charge in [-0.05, 0) is 25.0 Å². The van der Waals surface area contributed by atoms with Crippen molar-refractivity contribution in [1.29, 1.82) is 0 Å². The number of halogens is 1. The number of nitrogens with zero attached hydrogens (tertiary/aromatic N) is 2. The molecule has 2 fully saturated rings. The van der Waals surface area contributed by atoms with E-state index >= 15 is 0 Å². The number of alkyl halides is 1. The van der Waals surface area contributed by atoms with Gasteiger partial charge in [0.1, 0.15) is 18.6 Å². The van der Waals surface area contributed by atoms with Gasteiger partial charge in [-0.2, -0.15) is 0 Å². The molecule has 9 nitrogen and oxygen atoms in total. The summed E-state index contributed by atoms with van der Waals surface area (Å²) in [4.78, 5) is 53.1. The molecule has 0 spiro atoms. The van der Waals surface area contributed by atoms with Crippen molar-refractivity contribution in [2.24, 2.45) is 5.73 Å². The molecule has 0 bridgehead atoms. The lowest BCUT2D eigenvalue weighted by molar-refractivity contribution is -0.135. The molecule has 4 rings (SSSR count). The Kier molecular flexibility index (Phi) is 6.17. The van der Waals surface area contributed by atoms with E-state index < -0.39 is 29.9 Å². The van der Waals surface area contributed by atoms with Crippen LogP contribution < -0.4 is 16.4 Å². The molecule has 11 heteroatoms. The van der Waals surface area contributed by atoms with Crippen molar-refractivity contribution in [2.75, 3.05) is 11.9 Å². The van der Waals surface area contributed by atoms with Crippen LogP contribution in [0.4, 0.5) is 9.52 Å². The molecule has 2 heterocycles. The third-order valence-corrected chi connectivity index (χ3v) is 5.95. The quantitative estimate of drug-likeness (QED) is 0.537. The Morgan fingerprint density at radius 2 is 1.91 bits per heavy atom. The fraction of sp³-hybridized carbons (Fsp3) is 0.333. The van der Waals surface area contributed by atoms with Crippen LogP contribution in [0.25, 0.3) is 11.3 Å². The first-order valence-electron chi connectivity index (χ1n) is 10.1. The average Bonchev–Trinajstić information content (AvgIpc) is 3.28. The Morgan fingerprint density at radius 1 is 1.19 bits per heavy atom. The van der Waals surface area contributed by atoms with Gasteiger partial charge in [-0.25, -0.2) is 9.37 Å². The van der Waals surface area contributed by atoms with Gasteiger partial charge in [0.15, 0.2) is 5.13 Å². The van der Waals surface area contributed by atoms with Crippen LogP contribution in [-0.4, -0.2) is 58.3 Å². The van der Waals surface area contributed by atoms with Gasteiger partial charge in [-0.1, -0.05) is 12.1 Å². The summed E-state index contributed by atoms with van der Waals surface area (Å²) >= 11 is 1.18. The summed E-state index contributed by atoms with van der Waals surface area (Å²) in [5.74, 6) is -2.47. The van der Waals surface area contributed by atoms with Gasteiger partial charge in [-0.15, -0.1) is 11.3 Å². The van der Waals surface area contributed by atoms with Crippen LogP contribution in [-0.2, 0) is 14.4 Å². The second-order valence-electron chi connectivity index (χ2n) is 7.74. The lowest BCUT2D eigenvalue weighted by atomic mass is 10.1. The number of carbonyl (C=O) groups excluding carboxylic acids is 4. The minimum Gasteiger partial charge on any atom is -0.369 e. The summed E-state index contributed by atoms with van der Waals surface area (Å²) in [7, 11) is 0. The highest BCUT2D eigenvalue weighted by atomic mass is 32.1. The number of thiazole rings is 1. The van der Waals surface area contributed by atoms with Gasteiger partial charge >= 0.3 is 0 Å². The summed E-state index contributed by atoms with van der Waals surface area (Å²) in [5, 5.41) is 7.56. The Balaban J connectivity index is 1.40. The van der Waals surface area contributed by atoms with Crippen molar-refractivity contribution in [3.05, 3.63) is 41.6 Å². The lowest BCUT2D eigenvalue weighted by Gasteiger charge is -2.22. The number of hydrogen-bond donors (Lipinski definition) is 3. The lowest BCUT2D eigenvalue weighted by Crippen LogP contribution is -2.44. The summed E-state index contributed by atoms with van der Waals surface area (Å²) in [6.07, 6.45) is 1.11. The Labute approximate surface area is 187 Å². The van der Waals surface area contributed by atoms with Crippen LogP contribution >= 0.6 is 11.3 Å². The normalized spacial score (nSPS) is 20.1. The molecule has 32 heavy (non-hydrogen) atoms. The standard InChI is InChI=1S/C21H21FN5O4S/c22-13-7-16(27(9-13)18(29)8-17(23)28)20(31)26-21-25-15(10-32-21)11-1-3-12(4-2-11)19(30)24-14-5-6-14/h1-4,8,10,13-14,16H,5-7,9H2,(H2,23,28)(H,24,30)(H,25,26,31)/t13-,16-/m0/s1. The molecule has 1 saturated heterocycles. The van der Waals surface area contributed by atoms with Crippen LogP contribution in [0.5, 0.6) is 0 Å². The third-order valence-electron chi connectivity index (χ3n) is 5.19.